The number of halogens is 3. The van der Waals surface area contributed by atoms with Crippen molar-refractivity contribution in [3.05, 3.63) is 58.3 Å². The lowest BCUT2D eigenvalue weighted by Gasteiger charge is -2.17. The third-order valence-corrected chi connectivity index (χ3v) is 6.32. The molecule has 1 amide bonds. The molecule has 0 aliphatic heterocycles. The number of nitrogens with one attached hydrogen (secondary N) is 3. The summed E-state index contributed by atoms with van der Waals surface area (Å²) in [5.74, 6) is 1.24. The SMILES string of the molecule is CCc1cnc(NC(=O)/C(=C/NC)SCC(C)NCc2ccc(OC)cc2OC)cc1C(F)(F)F. The Balaban J connectivity index is 2.00. The van der Waals surface area contributed by atoms with Gasteiger partial charge in [-0.15, -0.1) is 11.8 Å². The number of methoxy groups -OCH3 is 2. The van der Waals surface area contributed by atoms with Gasteiger partial charge in [0.2, 0.25) is 0 Å². The molecule has 2 rings (SSSR count). The number of nitrogens with zero attached hydrogens (tertiary/aromatic N) is 1. The Labute approximate surface area is 207 Å². The van der Waals surface area contributed by atoms with Gasteiger partial charge in [0.1, 0.15) is 17.3 Å². The minimum absolute atomic E-state index is 0.0126. The second-order valence-corrected chi connectivity index (χ2v) is 8.66. The number of ether oxygens (including phenoxy) is 2. The molecule has 0 saturated heterocycles. The van der Waals surface area contributed by atoms with E-state index in [1.54, 1.807) is 34.3 Å². The maximum absolute atomic E-state index is 13.3. The van der Waals surface area contributed by atoms with Gasteiger partial charge in [-0.3, -0.25) is 4.79 Å². The van der Waals surface area contributed by atoms with Gasteiger partial charge in [-0.2, -0.15) is 13.2 Å². The zero-order valence-electron chi connectivity index (χ0n) is 20.4. The van der Waals surface area contributed by atoms with Crippen LogP contribution in [0.4, 0.5) is 19.0 Å². The van der Waals surface area contributed by atoms with Crippen LogP contribution < -0.4 is 25.4 Å². The molecule has 0 spiro atoms. The second kappa shape index (κ2) is 13.2. The van der Waals surface area contributed by atoms with Gasteiger partial charge < -0.3 is 25.4 Å². The number of anilines is 1. The number of rotatable bonds is 12. The monoisotopic (exact) mass is 512 g/mol. The van der Waals surface area contributed by atoms with Gasteiger partial charge in [0.15, 0.2) is 0 Å². The molecule has 3 N–H and O–H groups in total. The maximum atomic E-state index is 13.3. The summed E-state index contributed by atoms with van der Waals surface area (Å²) in [6, 6.07) is 6.45. The van der Waals surface area contributed by atoms with E-state index in [0.29, 0.717) is 28.7 Å². The number of alkyl halides is 3. The first-order valence-electron chi connectivity index (χ1n) is 10.9. The minimum Gasteiger partial charge on any atom is -0.497 e. The van der Waals surface area contributed by atoms with Crippen molar-refractivity contribution in [1.29, 1.82) is 0 Å². The number of aromatic nitrogens is 1. The molecule has 1 aromatic carbocycles. The van der Waals surface area contributed by atoms with Crippen molar-refractivity contribution in [2.75, 3.05) is 32.3 Å². The zero-order chi connectivity index (χ0) is 26.0. The lowest BCUT2D eigenvalue weighted by atomic mass is 10.1. The third-order valence-electron chi connectivity index (χ3n) is 5.04. The fraction of sp³-hybridized carbons (Fsp3) is 0.417. The van der Waals surface area contributed by atoms with Crippen LogP contribution in [0.2, 0.25) is 0 Å². The molecular formula is C24H31F3N4O3S. The number of thioether (sulfide) groups is 1. The summed E-state index contributed by atoms with van der Waals surface area (Å²) in [6.07, 6.45) is -1.69. The van der Waals surface area contributed by atoms with E-state index in [4.69, 9.17) is 9.47 Å². The fourth-order valence-electron chi connectivity index (χ4n) is 3.14. The Morgan fingerprint density at radius 3 is 2.54 bits per heavy atom. The molecule has 0 aliphatic rings. The predicted octanol–water partition coefficient (Wildman–Crippen LogP) is 4.59. The van der Waals surface area contributed by atoms with Gasteiger partial charge in [-0.25, -0.2) is 4.98 Å². The molecule has 0 aliphatic carbocycles. The van der Waals surface area contributed by atoms with Crippen molar-refractivity contribution in [2.45, 2.75) is 39.0 Å². The maximum Gasteiger partial charge on any atom is 0.416 e. The summed E-state index contributed by atoms with van der Waals surface area (Å²) < 4.78 is 50.6. The average molecular weight is 513 g/mol. The molecule has 1 aromatic heterocycles. The molecule has 0 bridgehead atoms. The largest absolute Gasteiger partial charge is 0.497 e. The molecule has 0 saturated carbocycles. The lowest BCUT2D eigenvalue weighted by molar-refractivity contribution is -0.138. The van der Waals surface area contributed by atoms with Gasteiger partial charge in [0, 0.05) is 49.4 Å². The smallest absolute Gasteiger partial charge is 0.416 e. The van der Waals surface area contributed by atoms with E-state index >= 15 is 0 Å². The molecule has 0 fully saturated rings. The Hall–Kier alpha value is -2.92. The first-order valence-corrected chi connectivity index (χ1v) is 11.9. The van der Waals surface area contributed by atoms with Gasteiger partial charge in [0.25, 0.3) is 5.91 Å². The number of pyridine rings is 1. The normalized spacial score (nSPS) is 12.7. The molecule has 11 heteroatoms. The molecule has 192 valence electrons. The van der Waals surface area contributed by atoms with E-state index in [1.807, 2.05) is 19.1 Å². The molecule has 35 heavy (non-hydrogen) atoms. The Morgan fingerprint density at radius 1 is 1.20 bits per heavy atom. The molecular weight excluding hydrogens is 481 g/mol. The van der Waals surface area contributed by atoms with E-state index in [2.05, 4.69) is 20.9 Å². The van der Waals surface area contributed by atoms with E-state index in [1.165, 1.54) is 18.0 Å². The lowest BCUT2D eigenvalue weighted by Crippen LogP contribution is -2.28. The highest BCUT2D eigenvalue weighted by Gasteiger charge is 2.33. The van der Waals surface area contributed by atoms with E-state index in [0.717, 1.165) is 17.8 Å². The number of amides is 1. The number of aryl methyl sites for hydroxylation is 1. The molecule has 1 atom stereocenters. The quantitative estimate of drug-likeness (QED) is 0.359. The third kappa shape index (κ3) is 8.36. The summed E-state index contributed by atoms with van der Waals surface area (Å²) >= 11 is 1.27. The van der Waals surface area contributed by atoms with Crippen LogP contribution in [-0.4, -0.2) is 44.0 Å². The first-order chi connectivity index (χ1) is 16.6. The van der Waals surface area contributed by atoms with E-state index in [9.17, 15) is 18.0 Å². The number of hydrogen-bond donors (Lipinski definition) is 3. The van der Waals surface area contributed by atoms with Crippen molar-refractivity contribution in [1.82, 2.24) is 15.6 Å². The Bertz CT molecular complexity index is 1030. The average Bonchev–Trinajstić information content (AvgIpc) is 2.84. The number of hydrogen-bond acceptors (Lipinski definition) is 7. The topological polar surface area (TPSA) is 84.5 Å². The van der Waals surface area contributed by atoms with Crippen LogP contribution in [0.15, 0.2) is 41.6 Å². The Kier molecular flexibility index (Phi) is 10.7. The number of carbonyl (C=O) groups excluding carboxylic acids is 1. The van der Waals surface area contributed by atoms with Crippen LogP contribution in [0.1, 0.15) is 30.5 Å². The summed E-state index contributed by atoms with van der Waals surface area (Å²) in [5.41, 5.74) is 0.226. The summed E-state index contributed by atoms with van der Waals surface area (Å²) in [6.45, 7) is 4.13. The molecule has 0 radical (unpaired) electrons. The van der Waals surface area contributed by atoms with Gasteiger partial charge >= 0.3 is 6.18 Å². The fourth-order valence-corrected chi connectivity index (χ4v) is 4.07. The minimum atomic E-state index is -4.53. The first kappa shape index (κ1) is 28.3. The van der Waals surface area contributed by atoms with Gasteiger partial charge in [-0.05, 0) is 31.0 Å². The Morgan fingerprint density at radius 2 is 1.94 bits per heavy atom. The van der Waals surface area contributed by atoms with Crippen LogP contribution in [0, 0.1) is 0 Å². The highest BCUT2D eigenvalue weighted by molar-refractivity contribution is 8.04. The highest BCUT2D eigenvalue weighted by atomic mass is 32.2. The summed E-state index contributed by atoms with van der Waals surface area (Å²) in [7, 11) is 4.82. The van der Waals surface area contributed by atoms with Crippen molar-refractivity contribution in [3.8, 4) is 11.5 Å². The number of carbonyl (C=O) groups is 1. The van der Waals surface area contributed by atoms with Crippen molar-refractivity contribution in [2.24, 2.45) is 0 Å². The zero-order valence-corrected chi connectivity index (χ0v) is 21.2. The van der Waals surface area contributed by atoms with E-state index < -0.39 is 17.6 Å². The standard InChI is InChI=1S/C24H31F3N4O3S/c1-6-16-11-30-22(10-19(16)24(25,26)27)31-23(32)21(13-28-3)35-14-15(2)29-12-17-7-8-18(33-4)9-20(17)34-5/h7-11,13,15,28-29H,6,12,14H2,1-5H3,(H,30,31,32)/b21-13-. The highest BCUT2D eigenvalue weighted by Crippen LogP contribution is 2.33. The molecule has 7 nitrogen and oxygen atoms in total. The van der Waals surface area contributed by atoms with Crippen molar-refractivity contribution in [3.63, 3.8) is 0 Å². The number of benzene rings is 1. The van der Waals surface area contributed by atoms with Crippen LogP contribution >= 0.6 is 11.8 Å². The van der Waals surface area contributed by atoms with Gasteiger partial charge in [0.05, 0.1) is 24.7 Å². The van der Waals surface area contributed by atoms with Crippen LogP contribution in [0.3, 0.4) is 0 Å². The van der Waals surface area contributed by atoms with Crippen LogP contribution in [0.25, 0.3) is 0 Å². The molecule has 1 unspecified atom stereocenters. The van der Waals surface area contributed by atoms with Crippen LogP contribution in [-0.2, 0) is 23.9 Å². The molecule has 2 aromatic rings. The molecule has 1 heterocycles. The van der Waals surface area contributed by atoms with Crippen molar-refractivity contribution < 1.29 is 27.4 Å². The van der Waals surface area contributed by atoms with Gasteiger partial charge in [-0.1, -0.05) is 13.0 Å². The van der Waals surface area contributed by atoms with E-state index in [-0.39, 0.29) is 23.8 Å². The second-order valence-electron chi connectivity index (χ2n) is 7.60. The van der Waals surface area contributed by atoms with Crippen molar-refractivity contribution >= 4 is 23.5 Å². The summed E-state index contributed by atoms with van der Waals surface area (Å²) in [5, 5.41) is 8.65. The predicted molar refractivity (Wildman–Crippen MR) is 133 cm³/mol. The van der Waals surface area contributed by atoms with Crippen LogP contribution in [0.5, 0.6) is 11.5 Å². The summed E-state index contributed by atoms with van der Waals surface area (Å²) in [4.78, 5) is 17.0.